The number of aromatic nitrogens is 1. The van der Waals surface area contributed by atoms with Crippen LogP contribution in [0.4, 0.5) is 4.39 Å². The Balaban J connectivity index is 1.86. The number of amides is 1. The van der Waals surface area contributed by atoms with Gasteiger partial charge in [-0.25, -0.2) is 9.37 Å². The number of rotatable bonds is 3. The molecule has 1 amide bonds. The van der Waals surface area contributed by atoms with Crippen LogP contribution in [0.5, 0.6) is 0 Å². The Bertz CT molecular complexity index is 974. The summed E-state index contributed by atoms with van der Waals surface area (Å²) < 4.78 is 13.8. The maximum atomic E-state index is 13.8. The number of piperidine rings is 1. The van der Waals surface area contributed by atoms with E-state index in [2.05, 4.69) is 4.98 Å². The van der Waals surface area contributed by atoms with E-state index in [4.69, 9.17) is 5.73 Å². The molecule has 0 radical (unpaired) electrons. The Kier molecular flexibility index (Phi) is 4.86. The summed E-state index contributed by atoms with van der Waals surface area (Å²) in [6, 6.07) is 15.9. The van der Waals surface area contributed by atoms with Crippen molar-refractivity contribution in [3.8, 4) is 11.3 Å². The third kappa shape index (κ3) is 3.43. The topological polar surface area (TPSA) is 59.2 Å². The van der Waals surface area contributed by atoms with Crippen molar-refractivity contribution in [2.45, 2.75) is 25.3 Å². The third-order valence-corrected chi connectivity index (χ3v) is 5.23. The van der Waals surface area contributed by atoms with E-state index in [1.807, 2.05) is 41.3 Å². The molecule has 0 saturated carbocycles. The summed E-state index contributed by atoms with van der Waals surface area (Å²) in [7, 11) is 0. The Morgan fingerprint density at radius 3 is 2.74 bits per heavy atom. The number of pyridine rings is 1. The molecule has 1 unspecified atom stereocenters. The average molecular weight is 363 g/mol. The second kappa shape index (κ2) is 7.45. The van der Waals surface area contributed by atoms with E-state index in [1.54, 1.807) is 6.07 Å². The van der Waals surface area contributed by atoms with Gasteiger partial charge in [0.1, 0.15) is 5.82 Å². The molecule has 5 heteroatoms. The van der Waals surface area contributed by atoms with Crippen LogP contribution in [0.2, 0.25) is 0 Å². The van der Waals surface area contributed by atoms with E-state index in [-0.39, 0.29) is 17.8 Å². The number of hydrogen-bond donors (Lipinski definition) is 1. The molecule has 1 aromatic heterocycles. The molecule has 2 aromatic carbocycles. The first-order valence-corrected chi connectivity index (χ1v) is 9.34. The molecule has 0 bridgehead atoms. The lowest BCUT2D eigenvalue weighted by atomic mass is 9.98. The number of halogens is 1. The van der Waals surface area contributed by atoms with E-state index in [0.717, 1.165) is 24.8 Å². The van der Waals surface area contributed by atoms with Gasteiger partial charge >= 0.3 is 0 Å². The molecule has 0 aliphatic carbocycles. The molecule has 138 valence electrons. The monoisotopic (exact) mass is 363 g/mol. The fraction of sp³-hybridized carbons (Fsp3) is 0.273. The molecule has 2 N–H and O–H groups in total. The zero-order valence-electron chi connectivity index (χ0n) is 15.1. The maximum Gasteiger partial charge on any atom is 0.254 e. The highest BCUT2D eigenvalue weighted by atomic mass is 19.1. The number of hydrogen-bond acceptors (Lipinski definition) is 3. The third-order valence-electron chi connectivity index (χ3n) is 5.23. The van der Waals surface area contributed by atoms with Gasteiger partial charge in [0.25, 0.3) is 5.91 Å². The van der Waals surface area contributed by atoms with E-state index in [1.165, 1.54) is 12.1 Å². The summed E-state index contributed by atoms with van der Waals surface area (Å²) in [6.07, 6.45) is 2.99. The van der Waals surface area contributed by atoms with Crippen LogP contribution in [0.15, 0.2) is 54.6 Å². The van der Waals surface area contributed by atoms with Crippen molar-refractivity contribution in [3.05, 3.63) is 66.0 Å². The lowest BCUT2D eigenvalue weighted by molar-refractivity contribution is 0.0625. The summed E-state index contributed by atoms with van der Waals surface area (Å²) >= 11 is 0. The van der Waals surface area contributed by atoms with Gasteiger partial charge in [0.15, 0.2) is 0 Å². The highest BCUT2D eigenvalue weighted by molar-refractivity contribution is 6.07. The van der Waals surface area contributed by atoms with Gasteiger partial charge in [-0.1, -0.05) is 30.3 Å². The van der Waals surface area contributed by atoms with Crippen LogP contribution in [-0.4, -0.2) is 34.9 Å². The first kappa shape index (κ1) is 17.6. The van der Waals surface area contributed by atoms with Gasteiger partial charge < -0.3 is 10.6 Å². The van der Waals surface area contributed by atoms with Gasteiger partial charge in [-0.3, -0.25) is 4.79 Å². The van der Waals surface area contributed by atoms with Gasteiger partial charge in [-0.15, -0.1) is 0 Å². The van der Waals surface area contributed by atoms with Gasteiger partial charge in [-0.05, 0) is 37.5 Å². The summed E-state index contributed by atoms with van der Waals surface area (Å²) in [6.45, 7) is 1.15. The molecular weight excluding hydrogens is 341 g/mol. The summed E-state index contributed by atoms with van der Waals surface area (Å²) in [5, 5.41) is 0.669. The van der Waals surface area contributed by atoms with Crippen molar-refractivity contribution in [2.75, 3.05) is 13.1 Å². The van der Waals surface area contributed by atoms with Crippen LogP contribution in [0, 0.1) is 5.82 Å². The van der Waals surface area contributed by atoms with Gasteiger partial charge in [0.05, 0.1) is 16.8 Å². The van der Waals surface area contributed by atoms with Crippen molar-refractivity contribution >= 4 is 16.8 Å². The number of carbonyl (C=O) groups is 1. The highest BCUT2D eigenvalue weighted by Crippen LogP contribution is 2.28. The second-order valence-electron chi connectivity index (χ2n) is 6.97. The smallest absolute Gasteiger partial charge is 0.254 e. The molecule has 1 saturated heterocycles. The largest absolute Gasteiger partial charge is 0.334 e. The molecule has 4 rings (SSSR count). The van der Waals surface area contributed by atoms with Gasteiger partial charge in [-0.2, -0.15) is 0 Å². The summed E-state index contributed by atoms with van der Waals surface area (Å²) in [5.41, 5.74) is 8.51. The van der Waals surface area contributed by atoms with Gasteiger partial charge in [0, 0.05) is 36.1 Å². The summed E-state index contributed by atoms with van der Waals surface area (Å²) in [5.74, 6) is -0.419. The Hall–Kier alpha value is -2.79. The number of nitrogens with zero attached hydrogens (tertiary/aromatic N) is 2. The zero-order valence-corrected chi connectivity index (χ0v) is 15.1. The lowest BCUT2D eigenvalue weighted by Crippen LogP contribution is -2.47. The molecule has 1 aliphatic heterocycles. The molecule has 1 atom stereocenters. The maximum absolute atomic E-state index is 13.8. The van der Waals surface area contributed by atoms with Crippen molar-refractivity contribution < 1.29 is 9.18 Å². The van der Waals surface area contributed by atoms with Crippen LogP contribution in [-0.2, 0) is 0 Å². The first-order valence-electron chi connectivity index (χ1n) is 9.34. The molecule has 2 heterocycles. The number of nitrogens with two attached hydrogens (primary N) is 1. The second-order valence-corrected chi connectivity index (χ2v) is 6.97. The minimum Gasteiger partial charge on any atom is -0.334 e. The fourth-order valence-corrected chi connectivity index (χ4v) is 3.80. The molecule has 1 fully saturated rings. The fourth-order valence-electron chi connectivity index (χ4n) is 3.80. The van der Waals surface area contributed by atoms with E-state index < -0.39 is 0 Å². The molecular formula is C22H22FN3O. The standard InChI is InChI=1S/C22H22FN3O/c23-16-9-10-18-19(22(27)26-11-5-4-8-17(26)14-24)13-20(25-21(18)12-16)15-6-2-1-3-7-15/h1-3,6-7,9-10,12-13,17H,4-5,8,11,14,24H2. The number of carbonyl (C=O) groups excluding carboxylic acids is 1. The Morgan fingerprint density at radius 1 is 1.15 bits per heavy atom. The highest BCUT2D eigenvalue weighted by Gasteiger charge is 2.28. The minimum atomic E-state index is -0.364. The van der Waals surface area contributed by atoms with Crippen LogP contribution < -0.4 is 5.73 Å². The van der Waals surface area contributed by atoms with Gasteiger partial charge in [0.2, 0.25) is 0 Å². The SMILES string of the molecule is NCC1CCCCN1C(=O)c1cc(-c2ccccc2)nc2cc(F)ccc12. The Labute approximate surface area is 157 Å². The minimum absolute atomic E-state index is 0.0510. The van der Waals surface area contributed by atoms with Crippen LogP contribution in [0.25, 0.3) is 22.2 Å². The molecule has 27 heavy (non-hydrogen) atoms. The van der Waals surface area contributed by atoms with Crippen molar-refractivity contribution in [3.63, 3.8) is 0 Å². The summed E-state index contributed by atoms with van der Waals surface area (Å²) in [4.78, 5) is 19.9. The average Bonchev–Trinajstić information content (AvgIpc) is 2.72. The molecule has 4 nitrogen and oxygen atoms in total. The van der Waals surface area contributed by atoms with Crippen molar-refractivity contribution in [1.82, 2.24) is 9.88 Å². The zero-order chi connectivity index (χ0) is 18.8. The van der Waals surface area contributed by atoms with E-state index >= 15 is 0 Å². The normalized spacial score (nSPS) is 17.3. The Morgan fingerprint density at radius 2 is 1.96 bits per heavy atom. The van der Waals surface area contributed by atoms with E-state index in [0.29, 0.717) is 35.2 Å². The quantitative estimate of drug-likeness (QED) is 0.765. The number of benzene rings is 2. The molecule has 0 spiro atoms. The van der Waals surface area contributed by atoms with Crippen LogP contribution >= 0.6 is 0 Å². The first-order chi connectivity index (χ1) is 13.2. The van der Waals surface area contributed by atoms with Crippen molar-refractivity contribution in [1.29, 1.82) is 0 Å². The van der Waals surface area contributed by atoms with Crippen LogP contribution in [0.1, 0.15) is 29.6 Å². The molecule has 1 aliphatic rings. The predicted octanol–water partition coefficient (Wildman–Crippen LogP) is 3.99. The predicted molar refractivity (Wildman–Crippen MR) is 105 cm³/mol. The number of fused-ring (bicyclic) bond motifs is 1. The van der Waals surface area contributed by atoms with Crippen molar-refractivity contribution in [2.24, 2.45) is 5.73 Å². The molecule has 3 aromatic rings. The lowest BCUT2D eigenvalue weighted by Gasteiger charge is -2.35. The van der Waals surface area contributed by atoms with Crippen LogP contribution in [0.3, 0.4) is 0 Å². The number of likely N-dealkylation sites (tertiary alicyclic amines) is 1. The van der Waals surface area contributed by atoms with E-state index in [9.17, 15) is 9.18 Å².